The first-order valence-electron chi connectivity index (χ1n) is 5.08. The quantitative estimate of drug-likeness (QED) is 0.743. The Morgan fingerprint density at radius 2 is 2.14 bits per heavy atom. The standard InChI is InChI=1S/C12H17ClO/c1-3-4-5-11(13)10-7-6-9(2)12(14)8-10/h6-8,11,14H,3-5H2,1-2H3. The van der Waals surface area contributed by atoms with Crippen LogP contribution < -0.4 is 0 Å². The van der Waals surface area contributed by atoms with E-state index in [1.165, 1.54) is 0 Å². The van der Waals surface area contributed by atoms with E-state index in [2.05, 4.69) is 6.92 Å². The SMILES string of the molecule is CCCCC(Cl)c1ccc(C)c(O)c1. The summed E-state index contributed by atoms with van der Waals surface area (Å²) in [7, 11) is 0. The number of phenols is 1. The van der Waals surface area contributed by atoms with Crippen LogP contribution >= 0.6 is 11.6 Å². The van der Waals surface area contributed by atoms with Crippen molar-refractivity contribution in [3.8, 4) is 5.75 Å². The third-order valence-corrected chi connectivity index (χ3v) is 2.88. The fourth-order valence-electron chi connectivity index (χ4n) is 1.37. The molecule has 14 heavy (non-hydrogen) atoms. The van der Waals surface area contributed by atoms with Gasteiger partial charge in [0.1, 0.15) is 5.75 Å². The van der Waals surface area contributed by atoms with Crippen molar-refractivity contribution in [1.82, 2.24) is 0 Å². The van der Waals surface area contributed by atoms with Crippen molar-refractivity contribution in [1.29, 1.82) is 0 Å². The Hall–Kier alpha value is -0.690. The maximum atomic E-state index is 9.52. The molecule has 1 atom stereocenters. The van der Waals surface area contributed by atoms with Crippen molar-refractivity contribution < 1.29 is 5.11 Å². The molecule has 0 bridgehead atoms. The van der Waals surface area contributed by atoms with E-state index in [9.17, 15) is 5.11 Å². The van der Waals surface area contributed by atoms with Crippen molar-refractivity contribution in [3.63, 3.8) is 0 Å². The number of alkyl halides is 1. The van der Waals surface area contributed by atoms with Crippen LogP contribution in [-0.2, 0) is 0 Å². The van der Waals surface area contributed by atoms with Gasteiger partial charge in [0.2, 0.25) is 0 Å². The highest BCUT2D eigenvalue weighted by Crippen LogP contribution is 2.29. The number of halogens is 1. The van der Waals surface area contributed by atoms with Gasteiger partial charge in [-0.2, -0.15) is 0 Å². The highest BCUT2D eigenvalue weighted by molar-refractivity contribution is 6.20. The Labute approximate surface area is 90.7 Å². The maximum Gasteiger partial charge on any atom is 0.118 e. The van der Waals surface area contributed by atoms with Crippen LogP contribution in [0.5, 0.6) is 5.75 Å². The van der Waals surface area contributed by atoms with Gasteiger partial charge in [0.15, 0.2) is 0 Å². The number of hydrogen-bond donors (Lipinski definition) is 1. The van der Waals surface area contributed by atoms with Crippen LogP contribution in [0.4, 0.5) is 0 Å². The molecule has 0 saturated carbocycles. The van der Waals surface area contributed by atoms with Crippen LogP contribution in [-0.4, -0.2) is 5.11 Å². The maximum absolute atomic E-state index is 9.52. The summed E-state index contributed by atoms with van der Waals surface area (Å²) in [5, 5.41) is 9.54. The van der Waals surface area contributed by atoms with E-state index in [0.29, 0.717) is 5.75 Å². The first kappa shape index (κ1) is 11.4. The number of unbranched alkanes of at least 4 members (excludes halogenated alkanes) is 1. The van der Waals surface area contributed by atoms with Gasteiger partial charge in [-0.3, -0.25) is 0 Å². The molecule has 1 unspecified atom stereocenters. The molecule has 1 rings (SSSR count). The van der Waals surface area contributed by atoms with Crippen LogP contribution in [0.3, 0.4) is 0 Å². The molecule has 0 aliphatic heterocycles. The molecule has 0 aliphatic carbocycles. The zero-order valence-electron chi connectivity index (χ0n) is 8.76. The van der Waals surface area contributed by atoms with Gasteiger partial charge in [-0.05, 0) is 30.5 Å². The van der Waals surface area contributed by atoms with Gasteiger partial charge in [-0.1, -0.05) is 31.9 Å². The number of phenolic OH excluding ortho intramolecular Hbond substituents is 1. The topological polar surface area (TPSA) is 20.2 Å². The average Bonchev–Trinajstić information content (AvgIpc) is 2.18. The van der Waals surface area contributed by atoms with Crippen LogP contribution in [0, 0.1) is 6.92 Å². The molecule has 1 nitrogen and oxygen atoms in total. The number of aryl methyl sites for hydroxylation is 1. The summed E-state index contributed by atoms with van der Waals surface area (Å²) in [6.07, 6.45) is 3.25. The highest BCUT2D eigenvalue weighted by Gasteiger charge is 2.08. The molecule has 1 aromatic carbocycles. The average molecular weight is 213 g/mol. The second-order valence-corrected chi connectivity index (χ2v) is 4.18. The van der Waals surface area contributed by atoms with Gasteiger partial charge in [-0.15, -0.1) is 11.6 Å². The summed E-state index contributed by atoms with van der Waals surface area (Å²) in [6.45, 7) is 4.03. The molecule has 0 aliphatic rings. The van der Waals surface area contributed by atoms with Gasteiger partial charge in [0.05, 0.1) is 5.38 Å². The predicted molar refractivity (Wildman–Crippen MR) is 61.0 cm³/mol. The van der Waals surface area contributed by atoms with E-state index in [1.807, 2.05) is 19.1 Å². The second kappa shape index (κ2) is 5.26. The van der Waals surface area contributed by atoms with E-state index in [4.69, 9.17) is 11.6 Å². The van der Waals surface area contributed by atoms with Gasteiger partial charge in [0.25, 0.3) is 0 Å². The molecule has 0 fully saturated rings. The zero-order chi connectivity index (χ0) is 10.6. The van der Waals surface area contributed by atoms with E-state index in [0.717, 1.165) is 30.4 Å². The van der Waals surface area contributed by atoms with Crippen LogP contribution in [0.1, 0.15) is 42.7 Å². The third-order valence-electron chi connectivity index (χ3n) is 2.41. The van der Waals surface area contributed by atoms with E-state index in [1.54, 1.807) is 6.07 Å². The lowest BCUT2D eigenvalue weighted by molar-refractivity contribution is 0.470. The van der Waals surface area contributed by atoms with Crippen LogP contribution in [0.2, 0.25) is 0 Å². The first-order chi connectivity index (χ1) is 6.65. The van der Waals surface area contributed by atoms with Crippen molar-refractivity contribution in [2.45, 2.75) is 38.5 Å². The molecule has 0 spiro atoms. The predicted octanol–water partition coefficient (Wildman–Crippen LogP) is 4.17. The molecule has 0 amide bonds. The fourth-order valence-corrected chi connectivity index (χ4v) is 1.66. The summed E-state index contributed by atoms with van der Waals surface area (Å²) in [5.41, 5.74) is 1.91. The summed E-state index contributed by atoms with van der Waals surface area (Å²) in [4.78, 5) is 0. The smallest absolute Gasteiger partial charge is 0.118 e. The molecule has 0 radical (unpaired) electrons. The summed E-state index contributed by atoms with van der Waals surface area (Å²) in [6, 6.07) is 5.66. The first-order valence-corrected chi connectivity index (χ1v) is 5.52. The number of benzene rings is 1. The van der Waals surface area contributed by atoms with Gasteiger partial charge < -0.3 is 5.11 Å². The molecule has 78 valence electrons. The number of rotatable bonds is 4. The lowest BCUT2D eigenvalue weighted by Crippen LogP contribution is -1.90. The highest BCUT2D eigenvalue weighted by atomic mass is 35.5. The van der Waals surface area contributed by atoms with Crippen molar-refractivity contribution in [3.05, 3.63) is 29.3 Å². The molecule has 0 heterocycles. The lowest BCUT2D eigenvalue weighted by atomic mass is 10.0. The molecular formula is C12H17ClO. The Balaban J connectivity index is 2.70. The molecular weight excluding hydrogens is 196 g/mol. The van der Waals surface area contributed by atoms with Crippen molar-refractivity contribution in [2.75, 3.05) is 0 Å². The normalized spacial score (nSPS) is 12.8. The summed E-state index contributed by atoms with van der Waals surface area (Å²) >= 11 is 6.20. The monoisotopic (exact) mass is 212 g/mol. The van der Waals surface area contributed by atoms with Crippen LogP contribution in [0.15, 0.2) is 18.2 Å². The minimum absolute atomic E-state index is 0.0291. The summed E-state index contributed by atoms with van der Waals surface area (Å²) in [5.74, 6) is 0.338. The Bertz CT molecular complexity index is 296. The minimum Gasteiger partial charge on any atom is -0.508 e. The minimum atomic E-state index is 0.0291. The molecule has 0 saturated heterocycles. The van der Waals surface area contributed by atoms with Crippen molar-refractivity contribution in [2.24, 2.45) is 0 Å². The summed E-state index contributed by atoms with van der Waals surface area (Å²) < 4.78 is 0. The van der Waals surface area contributed by atoms with Crippen molar-refractivity contribution >= 4 is 11.6 Å². The Kier molecular flexibility index (Phi) is 4.27. The largest absolute Gasteiger partial charge is 0.508 e. The Morgan fingerprint density at radius 3 is 2.71 bits per heavy atom. The molecule has 0 aromatic heterocycles. The third kappa shape index (κ3) is 2.91. The Morgan fingerprint density at radius 1 is 1.43 bits per heavy atom. The fraction of sp³-hybridized carbons (Fsp3) is 0.500. The number of aromatic hydroxyl groups is 1. The van der Waals surface area contributed by atoms with E-state index in [-0.39, 0.29) is 5.38 Å². The van der Waals surface area contributed by atoms with Crippen LogP contribution in [0.25, 0.3) is 0 Å². The lowest BCUT2D eigenvalue weighted by Gasteiger charge is -2.10. The van der Waals surface area contributed by atoms with Gasteiger partial charge in [0, 0.05) is 0 Å². The van der Waals surface area contributed by atoms with E-state index >= 15 is 0 Å². The molecule has 2 heteroatoms. The molecule has 1 N–H and O–H groups in total. The van der Waals surface area contributed by atoms with E-state index < -0.39 is 0 Å². The molecule has 1 aromatic rings. The van der Waals surface area contributed by atoms with Gasteiger partial charge in [-0.25, -0.2) is 0 Å². The van der Waals surface area contributed by atoms with Gasteiger partial charge >= 0.3 is 0 Å². The second-order valence-electron chi connectivity index (χ2n) is 3.66. The number of hydrogen-bond acceptors (Lipinski definition) is 1. The zero-order valence-corrected chi connectivity index (χ0v) is 9.51.